The smallest absolute Gasteiger partial charge is 0.263 e. The van der Waals surface area contributed by atoms with Gasteiger partial charge in [-0.1, -0.05) is 31.2 Å². The van der Waals surface area contributed by atoms with E-state index in [0.717, 1.165) is 18.7 Å². The van der Waals surface area contributed by atoms with Gasteiger partial charge in [0, 0.05) is 18.7 Å². The van der Waals surface area contributed by atoms with Crippen molar-refractivity contribution in [2.45, 2.75) is 25.5 Å². The normalized spacial score (nSPS) is 24.9. The molecular weight excluding hydrogens is 250 g/mol. The minimum atomic E-state index is -2.43. The van der Waals surface area contributed by atoms with Gasteiger partial charge in [0.25, 0.3) is 6.43 Å². The Morgan fingerprint density at radius 2 is 2.05 bits per heavy atom. The van der Waals surface area contributed by atoms with Crippen LogP contribution < -0.4 is 5.73 Å². The van der Waals surface area contributed by atoms with Crippen LogP contribution in [-0.2, 0) is 4.74 Å². The standard InChI is InChI=1S/C14H20F2N2O/c1-2-18-7-8-19-12(9-17)13(18)10-3-5-11(6-4-10)14(15)16/h3-6,12-14H,2,7-9,17H2,1H3. The predicted octanol–water partition coefficient (Wildman–Crippen LogP) is 2.34. The predicted molar refractivity (Wildman–Crippen MR) is 70.2 cm³/mol. The van der Waals surface area contributed by atoms with E-state index in [4.69, 9.17) is 10.5 Å². The molecule has 1 saturated heterocycles. The van der Waals surface area contributed by atoms with Crippen LogP contribution in [0.3, 0.4) is 0 Å². The minimum Gasteiger partial charge on any atom is -0.374 e. The first-order valence-corrected chi connectivity index (χ1v) is 6.61. The molecule has 0 saturated carbocycles. The van der Waals surface area contributed by atoms with Gasteiger partial charge in [0.15, 0.2) is 0 Å². The molecule has 1 aliphatic heterocycles. The summed E-state index contributed by atoms with van der Waals surface area (Å²) in [5, 5.41) is 0. The molecule has 1 aromatic rings. The Morgan fingerprint density at radius 3 is 2.58 bits per heavy atom. The summed E-state index contributed by atoms with van der Waals surface area (Å²) >= 11 is 0. The van der Waals surface area contributed by atoms with Crippen LogP contribution in [0.1, 0.15) is 30.5 Å². The summed E-state index contributed by atoms with van der Waals surface area (Å²) in [6.45, 7) is 4.91. The minimum absolute atomic E-state index is 0.0489. The first kappa shape index (κ1) is 14.4. The Balaban J connectivity index is 2.24. The average molecular weight is 270 g/mol. The topological polar surface area (TPSA) is 38.5 Å². The Kier molecular flexibility index (Phi) is 4.85. The second-order valence-corrected chi connectivity index (χ2v) is 4.69. The summed E-state index contributed by atoms with van der Waals surface area (Å²) < 4.78 is 30.8. The lowest BCUT2D eigenvalue weighted by Crippen LogP contribution is -2.48. The maximum absolute atomic E-state index is 12.6. The molecule has 2 rings (SSSR count). The summed E-state index contributed by atoms with van der Waals surface area (Å²) in [5.41, 5.74) is 6.79. The lowest BCUT2D eigenvalue weighted by Gasteiger charge is -2.40. The van der Waals surface area contributed by atoms with Gasteiger partial charge in [-0.05, 0) is 12.1 Å². The summed E-state index contributed by atoms with van der Waals surface area (Å²) in [4.78, 5) is 2.28. The fourth-order valence-electron chi connectivity index (χ4n) is 2.60. The van der Waals surface area contributed by atoms with Crippen molar-refractivity contribution in [3.63, 3.8) is 0 Å². The zero-order valence-corrected chi connectivity index (χ0v) is 11.1. The molecule has 1 fully saturated rings. The number of likely N-dealkylation sites (N-methyl/N-ethyl adjacent to an activating group) is 1. The molecule has 0 bridgehead atoms. The zero-order valence-electron chi connectivity index (χ0n) is 11.1. The zero-order chi connectivity index (χ0) is 13.8. The van der Waals surface area contributed by atoms with Gasteiger partial charge in [-0.25, -0.2) is 8.78 Å². The van der Waals surface area contributed by atoms with Gasteiger partial charge in [-0.15, -0.1) is 0 Å². The molecule has 3 nitrogen and oxygen atoms in total. The fraction of sp³-hybridized carbons (Fsp3) is 0.571. The highest BCUT2D eigenvalue weighted by Crippen LogP contribution is 2.30. The highest BCUT2D eigenvalue weighted by molar-refractivity contribution is 5.27. The van der Waals surface area contributed by atoms with Gasteiger partial charge in [0.2, 0.25) is 0 Å². The maximum atomic E-state index is 12.6. The van der Waals surface area contributed by atoms with Crippen LogP contribution in [-0.4, -0.2) is 37.2 Å². The summed E-state index contributed by atoms with van der Waals surface area (Å²) in [5.74, 6) is 0. The van der Waals surface area contributed by atoms with Crippen molar-refractivity contribution < 1.29 is 13.5 Å². The van der Waals surface area contributed by atoms with Gasteiger partial charge >= 0.3 is 0 Å². The van der Waals surface area contributed by atoms with E-state index in [1.165, 1.54) is 12.1 Å². The fourth-order valence-corrected chi connectivity index (χ4v) is 2.60. The van der Waals surface area contributed by atoms with E-state index in [0.29, 0.717) is 13.2 Å². The van der Waals surface area contributed by atoms with Gasteiger partial charge in [-0.3, -0.25) is 4.90 Å². The molecule has 1 heterocycles. The molecule has 0 spiro atoms. The number of nitrogens with zero attached hydrogens (tertiary/aromatic N) is 1. The Morgan fingerprint density at radius 1 is 1.37 bits per heavy atom. The van der Waals surface area contributed by atoms with E-state index < -0.39 is 6.43 Å². The first-order chi connectivity index (χ1) is 9.17. The van der Waals surface area contributed by atoms with Crippen LogP contribution in [0.5, 0.6) is 0 Å². The third kappa shape index (κ3) is 3.11. The molecule has 1 aromatic carbocycles. The van der Waals surface area contributed by atoms with E-state index in [1.807, 2.05) is 0 Å². The molecular formula is C14H20F2N2O. The Labute approximate surface area is 112 Å². The monoisotopic (exact) mass is 270 g/mol. The van der Waals surface area contributed by atoms with Crippen molar-refractivity contribution >= 4 is 0 Å². The lowest BCUT2D eigenvalue weighted by molar-refractivity contribution is -0.0658. The molecule has 0 aliphatic carbocycles. The third-order valence-corrected chi connectivity index (χ3v) is 3.62. The second-order valence-electron chi connectivity index (χ2n) is 4.69. The number of halogens is 2. The third-order valence-electron chi connectivity index (χ3n) is 3.62. The van der Waals surface area contributed by atoms with E-state index in [1.54, 1.807) is 12.1 Å². The largest absolute Gasteiger partial charge is 0.374 e. The molecule has 19 heavy (non-hydrogen) atoms. The molecule has 5 heteroatoms. The number of nitrogens with two attached hydrogens (primary N) is 1. The molecule has 2 atom stereocenters. The van der Waals surface area contributed by atoms with Crippen molar-refractivity contribution in [2.75, 3.05) is 26.2 Å². The van der Waals surface area contributed by atoms with Crippen molar-refractivity contribution in [3.05, 3.63) is 35.4 Å². The summed E-state index contributed by atoms with van der Waals surface area (Å²) in [6, 6.07) is 6.53. The van der Waals surface area contributed by atoms with Gasteiger partial charge in [-0.2, -0.15) is 0 Å². The second kappa shape index (κ2) is 6.41. The van der Waals surface area contributed by atoms with E-state index in [-0.39, 0.29) is 17.7 Å². The highest BCUT2D eigenvalue weighted by atomic mass is 19.3. The Hall–Kier alpha value is -1.04. The van der Waals surface area contributed by atoms with E-state index >= 15 is 0 Å². The number of ether oxygens (including phenoxy) is 1. The van der Waals surface area contributed by atoms with Crippen molar-refractivity contribution in [1.29, 1.82) is 0 Å². The summed E-state index contributed by atoms with van der Waals surface area (Å²) in [6.07, 6.45) is -2.50. The van der Waals surface area contributed by atoms with Gasteiger partial charge in [0.1, 0.15) is 0 Å². The highest BCUT2D eigenvalue weighted by Gasteiger charge is 2.31. The Bertz CT molecular complexity index is 385. The number of rotatable bonds is 4. The van der Waals surface area contributed by atoms with Crippen LogP contribution in [0.15, 0.2) is 24.3 Å². The number of morpholine rings is 1. The lowest BCUT2D eigenvalue weighted by atomic mass is 9.97. The number of hydrogen-bond donors (Lipinski definition) is 1. The molecule has 1 aliphatic rings. The van der Waals surface area contributed by atoms with Gasteiger partial charge in [0.05, 0.1) is 18.8 Å². The quantitative estimate of drug-likeness (QED) is 0.912. The molecule has 0 radical (unpaired) electrons. The van der Waals surface area contributed by atoms with Crippen LogP contribution in [0.2, 0.25) is 0 Å². The molecule has 106 valence electrons. The van der Waals surface area contributed by atoms with E-state index in [2.05, 4.69) is 11.8 Å². The molecule has 2 unspecified atom stereocenters. The van der Waals surface area contributed by atoms with Crippen LogP contribution in [0.25, 0.3) is 0 Å². The van der Waals surface area contributed by atoms with Crippen LogP contribution >= 0.6 is 0 Å². The first-order valence-electron chi connectivity index (χ1n) is 6.61. The van der Waals surface area contributed by atoms with Crippen molar-refractivity contribution in [2.24, 2.45) is 5.73 Å². The molecule has 0 aromatic heterocycles. The molecule has 0 amide bonds. The SMILES string of the molecule is CCN1CCOC(CN)C1c1ccc(C(F)F)cc1. The van der Waals surface area contributed by atoms with Crippen LogP contribution in [0, 0.1) is 0 Å². The molecule has 2 N–H and O–H groups in total. The maximum Gasteiger partial charge on any atom is 0.263 e. The van der Waals surface area contributed by atoms with Gasteiger partial charge < -0.3 is 10.5 Å². The average Bonchev–Trinajstić information content (AvgIpc) is 2.46. The van der Waals surface area contributed by atoms with E-state index in [9.17, 15) is 8.78 Å². The van der Waals surface area contributed by atoms with Crippen molar-refractivity contribution in [3.8, 4) is 0 Å². The number of alkyl halides is 2. The van der Waals surface area contributed by atoms with Crippen molar-refractivity contribution in [1.82, 2.24) is 4.90 Å². The number of benzene rings is 1. The number of hydrogen-bond acceptors (Lipinski definition) is 3. The van der Waals surface area contributed by atoms with Crippen LogP contribution in [0.4, 0.5) is 8.78 Å². The summed E-state index contributed by atoms with van der Waals surface area (Å²) in [7, 11) is 0.